The van der Waals surface area contributed by atoms with Crippen molar-refractivity contribution in [2.45, 2.75) is 49.9 Å². The molecule has 0 saturated heterocycles. The zero-order chi connectivity index (χ0) is 30.0. The van der Waals surface area contributed by atoms with Gasteiger partial charge in [0.15, 0.2) is 11.6 Å². The van der Waals surface area contributed by atoms with E-state index in [2.05, 4.69) is 0 Å². The lowest BCUT2D eigenvalue weighted by Gasteiger charge is -2.43. The van der Waals surface area contributed by atoms with E-state index in [1.54, 1.807) is 19.1 Å². The van der Waals surface area contributed by atoms with Crippen LogP contribution in [0.2, 0.25) is 0 Å². The number of carbonyl (C=O) groups excluding carboxylic acids is 3. The molecule has 0 amide bonds. The highest BCUT2D eigenvalue weighted by Crippen LogP contribution is 2.62. The lowest BCUT2D eigenvalue weighted by Crippen LogP contribution is -2.61. The normalized spacial score (nSPS) is 30.5. The van der Waals surface area contributed by atoms with E-state index < -0.39 is 69.5 Å². The SMILES string of the molecule is COC(=O)C12Oc3c(c(O)cc4c3C3C=CC5(C4)C(=C(O)c4c(O)cc(C)cc4C5O)C3=O)C(O)=C1C(=O)CCC2O. The number of phenolic OH excluding ortho intramolecular Hbond substituents is 2. The smallest absolute Gasteiger partial charge is 0.358 e. The van der Waals surface area contributed by atoms with Crippen molar-refractivity contribution in [2.75, 3.05) is 7.11 Å². The third-order valence-electron chi connectivity index (χ3n) is 9.30. The molecular weight excluding hydrogens is 548 g/mol. The van der Waals surface area contributed by atoms with Gasteiger partial charge in [0.25, 0.3) is 5.60 Å². The summed E-state index contributed by atoms with van der Waals surface area (Å²) in [6, 6.07) is 4.30. The van der Waals surface area contributed by atoms with Gasteiger partial charge in [0, 0.05) is 12.0 Å². The molecule has 2 aromatic rings. The summed E-state index contributed by atoms with van der Waals surface area (Å²) in [6.07, 6.45) is -0.415. The Balaban J connectivity index is 1.53. The van der Waals surface area contributed by atoms with Crippen LogP contribution in [0.5, 0.6) is 17.2 Å². The number of ether oxygens (including phenoxy) is 2. The number of hydrogen-bond acceptors (Lipinski definition) is 11. The maximum absolute atomic E-state index is 14.2. The number of phenols is 2. The summed E-state index contributed by atoms with van der Waals surface area (Å²) in [5.74, 6) is -6.10. The van der Waals surface area contributed by atoms with E-state index in [1.807, 2.05) is 0 Å². The number of hydrogen-bond donors (Lipinski definition) is 6. The van der Waals surface area contributed by atoms with Gasteiger partial charge in [-0.25, -0.2) is 4.79 Å². The molecule has 5 atom stereocenters. The first-order chi connectivity index (χ1) is 19.9. The summed E-state index contributed by atoms with van der Waals surface area (Å²) >= 11 is 0. The van der Waals surface area contributed by atoms with E-state index >= 15 is 0 Å². The highest BCUT2D eigenvalue weighted by atomic mass is 16.6. The highest BCUT2D eigenvalue weighted by Gasteiger charge is 2.63. The number of ketones is 2. The zero-order valence-electron chi connectivity index (χ0n) is 22.5. The van der Waals surface area contributed by atoms with E-state index in [-0.39, 0.29) is 58.6 Å². The number of rotatable bonds is 1. The largest absolute Gasteiger partial charge is 0.507 e. The van der Waals surface area contributed by atoms with Crippen LogP contribution in [0.15, 0.2) is 41.5 Å². The molecule has 6 aliphatic rings. The number of fused-ring (bicyclic) bond motifs is 3. The molecule has 0 radical (unpaired) electrons. The zero-order valence-corrected chi connectivity index (χ0v) is 22.5. The minimum Gasteiger partial charge on any atom is -0.507 e. The number of aliphatic hydroxyl groups is 4. The number of carbonyl (C=O) groups is 3. The first kappa shape index (κ1) is 26.3. The molecule has 42 heavy (non-hydrogen) atoms. The van der Waals surface area contributed by atoms with Gasteiger partial charge >= 0.3 is 5.97 Å². The van der Waals surface area contributed by atoms with Crippen LogP contribution in [-0.4, -0.2) is 67.0 Å². The molecule has 1 heterocycles. The lowest BCUT2D eigenvalue weighted by atomic mass is 9.61. The van der Waals surface area contributed by atoms with E-state index in [9.17, 15) is 45.0 Å². The Kier molecular flexibility index (Phi) is 5.16. The average molecular weight is 575 g/mol. The van der Waals surface area contributed by atoms with Gasteiger partial charge in [-0.3, -0.25) is 9.59 Å². The number of Topliss-reactive ketones (excluding diaryl/α,β-unsaturated/α-hetero) is 2. The van der Waals surface area contributed by atoms with Crippen LogP contribution >= 0.6 is 0 Å². The second-order valence-corrected chi connectivity index (χ2v) is 11.5. The van der Waals surface area contributed by atoms with Gasteiger partial charge in [0.05, 0.1) is 41.3 Å². The maximum Gasteiger partial charge on any atom is 0.358 e. The molecule has 2 aromatic carbocycles. The highest BCUT2D eigenvalue weighted by molar-refractivity contribution is 6.14. The van der Waals surface area contributed by atoms with E-state index in [4.69, 9.17) is 9.47 Å². The number of aromatic hydroxyl groups is 2. The molecular formula is C31H26O11. The van der Waals surface area contributed by atoms with Crippen molar-refractivity contribution < 1.29 is 54.5 Å². The molecule has 1 aliphatic heterocycles. The summed E-state index contributed by atoms with van der Waals surface area (Å²) in [6.45, 7) is 1.71. The van der Waals surface area contributed by atoms with Crippen LogP contribution < -0.4 is 4.74 Å². The molecule has 2 bridgehead atoms. The fourth-order valence-electron chi connectivity index (χ4n) is 7.49. The lowest BCUT2D eigenvalue weighted by molar-refractivity contribution is -0.169. The summed E-state index contributed by atoms with van der Waals surface area (Å²) in [5, 5.41) is 67.5. The van der Waals surface area contributed by atoms with E-state index in [0.29, 0.717) is 11.1 Å². The minimum atomic E-state index is -2.47. The van der Waals surface area contributed by atoms with Gasteiger partial charge in [-0.1, -0.05) is 18.2 Å². The van der Waals surface area contributed by atoms with Gasteiger partial charge in [-0.05, 0) is 48.6 Å². The van der Waals surface area contributed by atoms with Crippen molar-refractivity contribution in [3.8, 4) is 17.2 Å². The summed E-state index contributed by atoms with van der Waals surface area (Å²) in [4.78, 5) is 40.4. The molecule has 11 nitrogen and oxygen atoms in total. The Morgan fingerprint density at radius 3 is 2.40 bits per heavy atom. The second-order valence-electron chi connectivity index (χ2n) is 11.5. The van der Waals surface area contributed by atoms with Gasteiger partial charge in [0.2, 0.25) is 0 Å². The van der Waals surface area contributed by atoms with Crippen LogP contribution in [0.4, 0.5) is 0 Å². The molecule has 6 N–H and O–H groups in total. The Bertz CT molecular complexity index is 1780. The van der Waals surface area contributed by atoms with Crippen LogP contribution in [0.1, 0.15) is 58.2 Å². The first-order valence-electron chi connectivity index (χ1n) is 13.4. The predicted molar refractivity (Wildman–Crippen MR) is 144 cm³/mol. The standard InChI is InChI=1S/C31H26O11/c1-11-7-14-20(16(33)8-11)25(37)23-24(36)13-5-6-30(23,28(14)39)10-12-9-17(34)21-26(38)22-15(32)3-4-18(35)31(22,29(40)41-2)42-27(21)19(12)13/h5-9,13,18,28,33-35,37-39H,3-4,10H2,1-2H3. The maximum atomic E-state index is 14.2. The third-order valence-corrected chi connectivity index (χ3v) is 9.30. The Hall–Kier alpha value is -4.61. The molecule has 8 rings (SSSR count). The number of aryl methyl sites for hydroxylation is 1. The predicted octanol–water partition coefficient (Wildman–Crippen LogP) is 2.48. The molecule has 0 aromatic heterocycles. The molecule has 1 fully saturated rings. The molecule has 5 aliphatic carbocycles. The fourth-order valence-corrected chi connectivity index (χ4v) is 7.49. The number of allylic oxidation sites excluding steroid dienone is 1. The molecule has 216 valence electrons. The first-order valence-corrected chi connectivity index (χ1v) is 13.4. The van der Waals surface area contributed by atoms with Gasteiger partial charge in [-0.2, -0.15) is 0 Å². The molecule has 1 saturated carbocycles. The molecule has 5 unspecified atom stereocenters. The van der Waals surface area contributed by atoms with Crippen molar-refractivity contribution in [3.63, 3.8) is 0 Å². The monoisotopic (exact) mass is 574 g/mol. The quantitative estimate of drug-likeness (QED) is 0.217. The number of aliphatic hydroxyl groups excluding tert-OH is 4. The van der Waals surface area contributed by atoms with Crippen LogP contribution in [0, 0.1) is 12.3 Å². The van der Waals surface area contributed by atoms with Crippen LogP contribution in [-0.2, 0) is 25.5 Å². The summed E-state index contributed by atoms with van der Waals surface area (Å²) < 4.78 is 11.1. The number of methoxy groups -OCH3 is 1. The Morgan fingerprint density at radius 1 is 1.00 bits per heavy atom. The van der Waals surface area contributed by atoms with Crippen LogP contribution in [0.25, 0.3) is 11.5 Å². The Labute approximate surface area is 238 Å². The summed E-state index contributed by atoms with van der Waals surface area (Å²) in [7, 11) is 1.03. The average Bonchev–Trinajstić information content (AvgIpc) is 3.16. The van der Waals surface area contributed by atoms with E-state index in [0.717, 1.165) is 7.11 Å². The van der Waals surface area contributed by atoms with Crippen LogP contribution in [0.3, 0.4) is 0 Å². The molecule has 11 heteroatoms. The van der Waals surface area contributed by atoms with Gasteiger partial charge in [0.1, 0.15) is 40.4 Å². The van der Waals surface area contributed by atoms with E-state index in [1.165, 1.54) is 18.2 Å². The number of benzene rings is 2. The van der Waals surface area contributed by atoms with Crippen molar-refractivity contribution >= 4 is 29.1 Å². The fraction of sp³-hybridized carbons (Fsp3) is 0.323. The van der Waals surface area contributed by atoms with Crippen molar-refractivity contribution in [2.24, 2.45) is 5.41 Å². The summed E-state index contributed by atoms with van der Waals surface area (Å²) in [5.41, 5.74) is -3.84. The Morgan fingerprint density at radius 2 is 1.69 bits per heavy atom. The van der Waals surface area contributed by atoms with Crippen molar-refractivity contribution in [3.05, 3.63) is 74.9 Å². The minimum absolute atomic E-state index is 0.0630. The van der Waals surface area contributed by atoms with Gasteiger partial charge in [-0.15, -0.1) is 0 Å². The third kappa shape index (κ3) is 2.89. The second kappa shape index (κ2) is 8.24. The van der Waals surface area contributed by atoms with Crippen molar-refractivity contribution in [1.29, 1.82) is 0 Å². The number of esters is 1. The van der Waals surface area contributed by atoms with Crippen molar-refractivity contribution in [1.82, 2.24) is 0 Å². The van der Waals surface area contributed by atoms with Gasteiger partial charge < -0.3 is 40.1 Å². The topological polar surface area (TPSA) is 191 Å². The molecule has 1 spiro atoms.